The minimum atomic E-state index is -0.631. The second kappa shape index (κ2) is 7.03. The first kappa shape index (κ1) is 17.9. The summed E-state index contributed by atoms with van der Waals surface area (Å²) >= 11 is 0. The number of hydrogen-bond donors (Lipinski definition) is 0. The number of nitrogens with zero attached hydrogens (tertiary/aromatic N) is 2. The van der Waals surface area contributed by atoms with Crippen LogP contribution in [0, 0.1) is 0 Å². The summed E-state index contributed by atoms with van der Waals surface area (Å²) in [4.78, 5) is 19.3. The van der Waals surface area contributed by atoms with Gasteiger partial charge < -0.3 is 9.64 Å². The van der Waals surface area contributed by atoms with Gasteiger partial charge in [0.25, 0.3) is 0 Å². The van der Waals surface area contributed by atoms with Crippen molar-refractivity contribution in [3.8, 4) is 11.1 Å². The highest BCUT2D eigenvalue weighted by molar-refractivity contribution is 5.85. The fraction of sp³-hybridized carbons (Fsp3) is 0.280. The number of hydrogen-bond acceptors (Lipinski definition) is 4. The highest BCUT2D eigenvalue weighted by Gasteiger charge is 2.44. The van der Waals surface area contributed by atoms with Crippen LogP contribution in [0.5, 0.6) is 0 Å². The summed E-state index contributed by atoms with van der Waals surface area (Å²) in [5, 5.41) is 0. The van der Waals surface area contributed by atoms with Crippen LogP contribution in [0.1, 0.15) is 36.5 Å². The average Bonchev–Trinajstić information content (AvgIpc) is 3.33. The molecule has 1 fully saturated rings. The first-order chi connectivity index (χ1) is 14.1. The minimum Gasteiger partial charge on any atom is -0.459 e. The molecule has 29 heavy (non-hydrogen) atoms. The van der Waals surface area contributed by atoms with Crippen LogP contribution < -0.4 is 4.90 Å². The summed E-state index contributed by atoms with van der Waals surface area (Å²) in [5.74, 6) is -0.157. The summed E-state index contributed by atoms with van der Waals surface area (Å²) in [5.41, 5.74) is 6.72. The molecule has 2 aliphatic rings. The molecule has 0 unspecified atom stereocenters. The monoisotopic (exact) mass is 384 g/mol. The Morgan fingerprint density at radius 3 is 2.72 bits per heavy atom. The van der Waals surface area contributed by atoms with Gasteiger partial charge in [0.05, 0.1) is 0 Å². The first-order valence-corrected chi connectivity index (χ1v) is 10.2. The topological polar surface area (TPSA) is 42.4 Å². The van der Waals surface area contributed by atoms with E-state index in [-0.39, 0.29) is 5.97 Å². The van der Waals surface area contributed by atoms with Gasteiger partial charge in [-0.05, 0) is 66.1 Å². The van der Waals surface area contributed by atoms with Crippen LogP contribution in [-0.4, -0.2) is 23.0 Å². The molecule has 1 aliphatic heterocycles. The molecule has 1 aromatic heterocycles. The molecule has 0 bridgehead atoms. The molecule has 0 spiro atoms. The van der Waals surface area contributed by atoms with Gasteiger partial charge in [0, 0.05) is 24.6 Å². The van der Waals surface area contributed by atoms with E-state index in [9.17, 15) is 4.79 Å². The van der Waals surface area contributed by atoms with Gasteiger partial charge in [-0.15, -0.1) is 0 Å². The molecule has 2 aromatic carbocycles. The van der Waals surface area contributed by atoms with Crippen molar-refractivity contribution in [2.45, 2.75) is 38.3 Å². The summed E-state index contributed by atoms with van der Waals surface area (Å²) in [7, 11) is 0. The largest absolute Gasteiger partial charge is 0.459 e. The van der Waals surface area contributed by atoms with E-state index < -0.39 is 5.54 Å². The number of carbonyl (C=O) groups is 1. The van der Waals surface area contributed by atoms with Crippen LogP contribution >= 0.6 is 0 Å². The Kier molecular flexibility index (Phi) is 4.35. The second-order valence-electron chi connectivity index (χ2n) is 8.14. The van der Waals surface area contributed by atoms with Crippen molar-refractivity contribution in [1.29, 1.82) is 0 Å². The van der Waals surface area contributed by atoms with E-state index in [1.807, 2.05) is 19.1 Å². The molecule has 1 saturated heterocycles. The van der Waals surface area contributed by atoms with Gasteiger partial charge >= 0.3 is 5.97 Å². The van der Waals surface area contributed by atoms with Crippen molar-refractivity contribution in [3.63, 3.8) is 0 Å². The highest BCUT2D eigenvalue weighted by atomic mass is 16.5. The van der Waals surface area contributed by atoms with E-state index >= 15 is 0 Å². The van der Waals surface area contributed by atoms with Crippen molar-refractivity contribution in [1.82, 2.24) is 4.98 Å². The van der Waals surface area contributed by atoms with Crippen LogP contribution in [0.2, 0.25) is 0 Å². The molecule has 1 aliphatic carbocycles. The number of pyridine rings is 1. The Morgan fingerprint density at radius 2 is 1.86 bits per heavy atom. The number of esters is 1. The summed E-state index contributed by atoms with van der Waals surface area (Å²) in [6.45, 7) is 3.15. The molecule has 0 radical (unpaired) electrons. The normalized spacial score (nSPS) is 19.7. The maximum Gasteiger partial charge on any atom is 0.332 e. The van der Waals surface area contributed by atoms with Gasteiger partial charge in [0.1, 0.15) is 12.1 Å². The molecular weight excluding hydrogens is 360 g/mol. The maximum atomic E-state index is 13.1. The maximum absolute atomic E-state index is 13.1. The number of fused-ring (bicyclic) bond motifs is 3. The number of rotatable bonds is 4. The summed E-state index contributed by atoms with van der Waals surface area (Å²) in [6, 6.07) is 18.9. The standard InChI is InChI=1S/C25H24N2O2/c1-25(11-4-14-27(25)21-9-12-26-13-10-21)24(28)29-17-18-7-8-23-20(15-18)16-19-5-2-3-6-22(19)23/h2-3,5-10,12-13,15H,4,11,14,16-17H2,1H3/t25-/m0/s1. The molecule has 0 N–H and O–H groups in total. The molecule has 5 rings (SSSR count). The quantitative estimate of drug-likeness (QED) is 0.476. The van der Waals surface area contributed by atoms with Crippen LogP contribution in [0.15, 0.2) is 67.0 Å². The first-order valence-electron chi connectivity index (χ1n) is 10.2. The van der Waals surface area contributed by atoms with E-state index in [2.05, 4.69) is 52.3 Å². The second-order valence-corrected chi connectivity index (χ2v) is 8.14. The number of benzene rings is 2. The van der Waals surface area contributed by atoms with Gasteiger partial charge in [-0.1, -0.05) is 42.5 Å². The zero-order valence-electron chi connectivity index (χ0n) is 16.6. The number of ether oxygens (including phenoxy) is 1. The molecule has 4 heteroatoms. The number of aromatic nitrogens is 1. The van der Waals surface area contributed by atoms with Crippen LogP contribution in [0.3, 0.4) is 0 Å². The molecular formula is C25H24N2O2. The van der Waals surface area contributed by atoms with Crippen LogP contribution in [0.25, 0.3) is 11.1 Å². The van der Waals surface area contributed by atoms with Gasteiger partial charge in [-0.25, -0.2) is 4.79 Å². The lowest BCUT2D eigenvalue weighted by Crippen LogP contribution is -2.49. The summed E-state index contributed by atoms with van der Waals surface area (Å²) in [6.07, 6.45) is 6.25. The Balaban J connectivity index is 1.30. The summed E-state index contributed by atoms with van der Waals surface area (Å²) < 4.78 is 5.81. The Bertz CT molecular complexity index is 1060. The zero-order chi connectivity index (χ0) is 19.8. The predicted octanol–water partition coefficient (Wildman–Crippen LogP) is 4.76. The molecule has 2 heterocycles. The lowest BCUT2D eigenvalue weighted by atomic mass is 9.98. The van der Waals surface area contributed by atoms with Crippen molar-refractivity contribution in [3.05, 3.63) is 83.7 Å². The van der Waals surface area contributed by atoms with Gasteiger partial charge in [-0.2, -0.15) is 0 Å². The lowest BCUT2D eigenvalue weighted by Gasteiger charge is -2.34. The van der Waals surface area contributed by atoms with Gasteiger partial charge in [0.15, 0.2) is 0 Å². The zero-order valence-corrected chi connectivity index (χ0v) is 16.6. The molecule has 146 valence electrons. The minimum absolute atomic E-state index is 0.157. The third-order valence-corrected chi connectivity index (χ3v) is 6.28. The Hall–Kier alpha value is -3.14. The molecule has 0 saturated carbocycles. The van der Waals surface area contributed by atoms with E-state index in [4.69, 9.17) is 4.74 Å². The molecule has 0 amide bonds. The van der Waals surface area contributed by atoms with Crippen molar-refractivity contribution in [2.75, 3.05) is 11.4 Å². The third-order valence-electron chi connectivity index (χ3n) is 6.28. The predicted molar refractivity (Wildman–Crippen MR) is 114 cm³/mol. The SMILES string of the molecule is C[C@@]1(C(=O)OCc2ccc3c(c2)Cc2ccccc2-3)CCCN1c1ccncc1. The fourth-order valence-electron chi connectivity index (χ4n) is 4.71. The van der Waals surface area contributed by atoms with E-state index in [1.165, 1.54) is 22.3 Å². The van der Waals surface area contributed by atoms with Crippen LogP contribution in [-0.2, 0) is 22.6 Å². The molecule has 4 nitrogen and oxygen atoms in total. The van der Waals surface area contributed by atoms with Crippen molar-refractivity contribution < 1.29 is 9.53 Å². The Labute approximate surface area is 171 Å². The smallest absolute Gasteiger partial charge is 0.332 e. The van der Waals surface area contributed by atoms with Crippen molar-refractivity contribution in [2.24, 2.45) is 0 Å². The van der Waals surface area contributed by atoms with E-state index in [1.54, 1.807) is 12.4 Å². The third kappa shape index (κ3) is 3.09. The van der Waals surface area contributed by atoms with E-state index in [0.717, 1.165) is 37.1 Å². The van der Waals surface area contributed by atoms with E-state index in [0.29, 0.717) is 6.61 Å². The number of anilines is 1. The lowest BCUT2D eigenvalue weighted by molar-refractivity contribution is -0.150. The van der Waals surface area contributed by atoms with Crippen molar-refractivity contribution >= 4 is 11.7 Å². The molecule has 3 aromatic rings. The van der Waals surface area contributed by atoms with Crippen LogP contribution in [0.4, 0.5) is 5.69 Å². The molecule has 1 atom stereocenters. The fourth-order valence-corrected chi connectivity index (χ4v) is 4.71. The van der Waals surface area contributed by atoms with Gasteiger partial charge in [-0.3, -0.25) is 4.98 Å². The number of carbonyl (C=O) groups excluding carboxylic acids is 1. The van der Waals surface area contributed by atoms with Gasteiger partial charge in [0.2, 0.25) is 0 Å². The Morgan fingerprint density at radius 1 is 1.07 bits per heavy atom. The average molecular weight is 384 g/mol. The highest BCUT2D eigenvalue weighted by Crippen LogP contribution is 2.37.